The molecule has 1 aliphatic rings. The Labute approximate surface area is 251 Å². The molecule has 0 radical (unpaired) electrons. The Hall–Kier alpha value is -5.66. The molecule has 1 heterocycles. The zero-order valence-electron chi connectivity index (χ0n) is 23.7. The van der Waals surface area contributed by atoms with Crippen LogP contribution in [0, 0.1) is 11.3 Å². The molecule has 4 heteroatoms. The highest BCUT2D eigenvalue weighted by molar-refractivity contribution is 5.72. The third-order valence-corrected chi connectivity index (χ3v) is 8.36. The lowest BCUT2D eigenvalue weighted by Crippen LogP contribution is -2.33. The van der Waals surface area contributed by atoms with Crippen molar-refractivity contribution in [2.75, 3.05) is 0 Å². The smallest absolute Gasteiger partial charge is 0.163 e. The van der Waals surface area contributed by atoms with Crippen LogP contribution in [-0.2, 0) is 5.41 Å². The van der Waals surface area contributed by atoms with E-state index in [9.17, 15) is 5.26 Å². The maximum Gasteiger partial charge on any atom is 0.163 e. The molecule has 43 heavy (non-hydrogen) atoms. The minimum absolute atomic E-state index is 0.168. The van der Waals surface area contributed by atoms with Crippen LogP contribution in [0.25, 0.3) is 40.0 Å². The van der Waals surface area contributed by atoms with Gasteiger partial charge in [-0.3, -0.25) is 0 Å². The predicted molar refractivity (Wildman–Crippen MR) is 172 cm³/mol. The number of benzene rings is 5. The lowest BCUT2D eigenvalue weighted by atomic mass is 9.64. The Morgan fingerprint density at radius 3 is 1.84 bits per heavy atom. The topological polar surface area (TPSA) is 62.5 Å². The summed E-state index contributed by atoms with van der Waals surface area (Å²) in [6.45, 7) is 2.26. The Balaban J connectivity index is 1.41. The van der Waals surface area contributed by atoms with Crippen molar-refractivity contribution in [1.29, 1.82) is 5.26 Å². The molecular weight excluding hydrogens is 524 g/mol. The van der Waals surface area contributed by atoms with E-state index in [1.54, 1.807) is 0 Å². The Kier molecular flexibility index (Phi) is 6.69. The third kappa shape index (κ3) is 4.81. The molecule has 2 atom stereocenters. The van der Waals surface area contributed by atoms with Gasteiger partial charge < -0.3 is 0 Å². The molecule has 0 aliphatic heterocycles. The molecule has 0 spiro atoms. The van der Waals surface area contributed by atoms with E-state index in [2.05, 4.69) is 73.7 Å². The Bertz CT molecular complexity index is 1930. The van der Waals surface area contributed by atoms with Gasteiger partial charge in [-0.25, -0.2) is 15.0 Å². The molecule has 5 aromatic carbocycles. The number of rotatable bonds is 5. The summed E-state index contributed by atoms with van der Waals surface area (Å²) in [5, 5.41) is 9.66. The maximum atomic E-state index is 9.66. The standard InChI is InChI=1S/C39H28N4/c1-39(32-22-20-28(21-23-32)33-18-10-9-17-31(33)26-40)25-24-27-12-8-11-19-34(27)35(39)38-42-36(29-13-4-2-5-14-29)41-37(43-38)30-15-6-3-7-16-30/h2-25,35H,1H3. The second-order valence-electron chi connectivity index (χ2n) is 11.0. The average molecular weight is 553 g/mol. The van der Waals surface area contributed by atoms with E-state index in [0.717, 1.165) is 39.2 Å². The molecule has 0 saturated heterocycles. The molecule has 4 nitrogen and oxygen atoms in total. The van der Waals surface area contributed by atoms with Gasteiger partial charge >= 0.3 is 0 Å². The first-order valence-electron chi connectivity index (χ1n) is 14.4. The number of nitrogens with zero attached hydrogens (tertiary/aromatic N) is 4. The second-order valence-corrected chi connectivity index (χ2v) is 11.0. The van der Waals surface area contributed by atoms with Crippen molar-refractivity contribution in [2.45, 2.75) is 18.3 Å². The van der Waals surface area contributed by atoms with E-state index >= 15 is 0 Å². The van der Waals surface area contributed by atoms with Crippen LogP contribution in [-0.4, -0.2) is 15.0 Å². The Morgan fingerprint density at radius 1 is 0.605 bits per heavy atom. The van der Waals surface area contributed by atoms with Crippen LogP contribution in [0.2, 0.25) is 0 Å². The average Bonchev–Trinajstić information content (AvgIpc) is 3.09. The molecule has 0 N–H and O–H groups in total. The van der Waals surface area contributed by atoms with Crippen LogP contribution in [0.5, 0.6) is 0 Å². The molecule has 0 saturated carbocycles. The van der Waals surface area contributed by atoms with E-state index in [-0.39, 0.29) is 5.92 Å². The molecule has 0 amide bonds. The second kappa shape index (κ2) is 11.0. The molecule has 0 fully saturated rings. The number of fused-ring (bicyclic) bond motifs is 1. The highest BCUT2D eigenvalue weighted by Gasteiger charge is 2.41. The van der Waals surface area contributed by atoms with Crippen LogP contribution in [0.4, 0.5) is 0 Å². The van der Waals surface area contributed by atoms with E-state index in [0.29, 0.717) is 17.2 Å². The van der Waals surface area contributed by atoms with Gasteiger partial charge in [-0.15, -0.1) is 0 Å². The van der Waals surface area contributed by atoms with E-state index < -0.39 is 5.41 Å². The minimum atomic E-state index is -0.453. The van der Waals surface area contributed by atoms with Crippen molar-refractivity contribution in [3.63, 3.8) is 0 Å². The van der Waals surface area contributed by atoms with E-state index in [1.807, 2.05) is 84.9 Å². The Morgan fingerprint density at radius 2 is 1.19 bits per heavy atom. The number of hydrogen-bond acceptors (Lipinski definition) is 4. The fourth-order valence-corrected chi connectivity index (χ4v) is 6.07. The zero-order chi connectivity index (χ0) is 29.2. The summed E-state index contributed by atoms with van der Waals surface area (Å²) in [7, 11) is 0. The quantitative estimate of drug-likeness (QED) is 0.214. The van der Waals surface area contributed by atoms with Gasteiger partial charge in [0.2, 0.25) is 0 Å². The van der Waals surface area contributed by atoms with Gasteiger partial charge in [-0.2, -0.15) is 5.26 Å². The number of hydrogen-bond donors (Lipinski definition) is 0. The van der Waals surface area contributed by atoms with Crippen LogP contribution >= 0.6 is 0 Å². The zero-order valence-corrected chi connectivity index (χ0v) is 23.7. The number of aromatic nitrogens is 3. The lowest BCUT2D eigenvalue weighted by Gasteiger charge is -2.39. The van der Waals surface area contributed by atoms with E-state index in [4.69, 9.17) is 15.0 Å². The van der Waals surface area contributed by atoms with Crippen LogP contribution < -0.4 is 0 Å². The molecule has 204 valence electrons. The normalized spacial score (nSPS) is 17.2. The summed E-state index contributed by atoms with van der Waals surface area (Å²) in [6, 6.07) is 47.3. The van der Waals surface area contributed by atoms with Crippen molar-refractivity contribution < 1.29 is 0 Å². The third-order valence-electron chi connectivity index (χ3n) is 8.36. The number of nitriles is 1. The predicted octanol–water partition coefficient (Wildman–Crippen LogP) is 8.86. The first-order valence-corrected chi connectivity index (χ1v) is 14.4. The van der Waals surface area contributed by atoms with Gasteiger partial charge in [0.05, 0.1) is 17.6 Å². The molecule has 6 aromatic rings. The maximum absolute atomic E-state index is 9.66. The van der Waals surface area contributed by atoms with Gasteiger partial charge in [-0.05, 0) is 33.9 Å². The summed E-state index contributed by atoms with van der Waals surface area (Å²) in [5.41, 5.74) is 7.53. The number of allylic oxidation sites excluding steroid dienone is 1. The highest BCUT2D eigenvalue weighted by Crippen LogP contribution is 2.48. The molecule has 0 bridgehead atoms. The highest BCUT2D eigenvalue weighted by atomic mass is 15.0. The molecule has 7 rings (SSSR count). The van der Waals surface area contributed by atoms with Gasteiger partial charge in [0.15, 0.2) is 11.6 Å². The summed E-state index contributed by atoms with van der Waals surface area (Å²) >= 11 is 0. The van der Waals surface area contributed by atoms with Crippen LogP contribution in [0.3, 0.4) is 0 Å². The SMILES string of the molecule is CC1(c2ccc(-c3ccccc3C#N)cc2)C=Cc2ccccc2C1c1nc(-c2ccccc2)nc(-c2ccccc2)n1. The van der Waals surface area contributed by atoms with Crippen LogP contribution in [0.1, 0.15) is 40.9 Å². The largest absolute Gasteiger partial charge is 0.212 e. The van der Waals surface area contributed by atoms with Crippen molar-refractivity contribution >= 4 is 6.08 Å². The summed E-state index contributed by atoms with van der Waals surface area (Å²) in [4.78, 5) is 15.3. The van der Waals surface area contributed by atoms with Gasteiger partial charge in [0.25, 0.3) is 0 Å². The van der Waals surface area contributed by atoms with Gasteiger partial charge in [0.1, 0.15) is 5.82 Å². The van der Waals surface area contributed by atoms with Gasteiger partial charge in [0, 0.05) is 16.5 Å². The fraction of sp³-hybridized carbons (Fsp3) is 0.0769. The van der Waals surface area contributed by atoms with Crippen molar-refractivity contribution in [1.82, 2.24) is 15.0 Å². The fourth-order valence-electron chi connectivity index (χ4n) is 6.07. The van der Waals surface area contributed by atoms with E-state index in [1.165, 1.54) is 5.56 Å². The summed E-state index contributed by atoms with van der Waals surface area (Å²) in [5.74, 6) is 1.87. The molecule has 2 unspecified atom stereocenters. The monoisotopic (exact) mass is 552 g/mol. The van der Waals surface area contributed by atoms with Gasteiger partial charge in [-0.1, -0.05) is 146 Å². The molecule has 1 aromatic heterocycles. The van der Waals surface area contributed by atoms with Crippen molar-refractivity contribution in [2.24, 2.45) is 0 Å². The van der Waals surface area contributed by atoms with Crippen molar-refractivity contribution in [3.8, 4) is 40.0 Å². The first-order chi connectivity index (χ1) is 21.1. The van der Waals surface area contributed by atoms with Crippen molar-refractivity contribution in [3.05, 3.63) is 168 Å². The first kappa shape index (κ1) is 26.3. The summed E-state index contributed by atoms with van der Waals surface area (Å²) < 4.78 is 0. The van der Waals surface area contributed by atoms with Crippen LogP contribution in [0.15, 0.2) is 140 Å². The molecule has 1 aliphatic carbocycles. The molecular formula is C39H28N4. The minimum Gasteiger partial charge on any atom is -0.212 e. The lowest BCUT2D eigenvalue weighted by molar-refractivity contribution is 0.492. The summed E-state index contributed by atoms with van der Waals surface area (Å²) in [6.07, 6.45) is 4.49.